The van der Waals surface area contributed by atoms with Crippen molar-refractivity contribution < 1.29 is 19.1 Å². The van der Waals surface area contributed by atoms with Gasteiger partial charge in [0.2, 0.25) is 5.78 Å². The maximum Gasteiger partial charge on any atom is 0.343 e. The van der Waals surface area contributed by atoms with E-state index in [2.05, 4.69) is 15.9 Å². The highest BCUT2D eigenvalue weighted by molar-refractivity contribution is 9.10. The van der Waals surface area contributed by atoms with E-state index in [0.717, 1.165) is 10.0 Å². The molecule has 0 aromatic heterocycles. The molecule has 138 valence electrons. The number of fused-ring (bicyclic) bond motifs is 1. The van der Waals surface area contributed by atoms with E-state index in [-0.39, 0.29) is 11.5 Å². The van der Waals surface area contributed by atoms with Gasteiger partial charge in [0.25, 0.3) is 0 Å². The molecule has 0 spiro atoms. The summed E-state index contributed by atoms with van der Waals surface area (Å²) in [4.78, 5) is 25.1. The summed E-state index contributed by atoms with van der Waals surface area (Å²) < 4.78 is 12.0. The predicted molar refractivity (Wildman–Crippen MR) is 110 cm³/mol. The number of hydrogen-bond acceptors (Lipinski definition) is 4. The molecule has 0 fully saturated rings. The van der Waals surface area contributed by atoms with Gasteiger partial charge in [-0.3, -0.25) is 4.79 Å². The van der Waals surface area contributed by atoms with Crippen LogP contribution in [-0.2, 0) is 0 Å². The summed E-state index contributed by atoms with van der Waals surface area (Å²) in [6, 6.07) is 19.4. The molecule has 5 heteroatoms. The van der Waals surface area contributed by atoms with Gasteiger partial charge in [0.05, 0.1) is 11.1 Å². The molecule has 0 atom stereocenters. The molecule has 0 amide bonds. The summed E-state index contributed by atoms with van der Waals surface area (Å²) in [5.41, 5.74) is 2.59. The van der Waals surface area contributed by atoms with Gasteiger partial charge >= 0.3 is 5.97 Å². The second-order valence-corrected chi connectivity index (χ2v) is 7.29. The number of ketones is 1. The van der Waals surface area contributed by atoms with Crippen LogP contribution in [0.3, 0.4) is 0 Å². The molecule has 0 N–H and O–H groups in total. The summed E-state index contributed by atoms with van der Waals surface area (Å²) in [5, 5.41) is 0. The lowest BCUT2D eigenvalue weighted by Gasteiger charge is -2.08. The van der Waals surface area contributed by atoms with E-state index in [9.17, 15) is 9.59 Å². The van der Waals surface area contributed by atoms with Gasteiger partial charge in [-0.25, -0.2) is 4.79 Å². The van der Waals surface area contributed by atoms with Gasteiger partial charge in [0.1, 0.15) is 11.5 Å². The maximum absolute atomic E-state index is 12.6. The minimum Gasteiger partial charge on any atom is -0.452 e. The Morgan fingerprint density at radius 2 is 1.79 bits per heavy atom. The van der Waals surface area contributed by atoms with Crippen molar-refractivity contribution in [1.29, 1.82) is 0 Å². The Bertz CT molecular complexity index is 1110. The number of rotatable bonds is 3. The number of hydrogen-bond donors (Lipinski definition) is 0. The average Bonchev–Trinajstić information content (AvgIpc) is 2.99. The van der Waals surface area contributed by atoms with Crippen molar-refractivity contribution in [2.24, 2.45) is 0 Å². The molecule has 3 aromatic carbocycles. The van der Waals surface area contributed by atoms with E-state index in [1.165, 1.54) is 0 Å². The highest BCUT2D eigenvalue weighted by Gasteiger charge is 2.27. The molecule has 0 saturated carbocycles. The second-order valence-electron chi connectivity index (χ2n) is 6.37. The monoisotopic (exact) mass is 434 g/mol. The van der Waals surface area contributed by atoms with Crippen molar-refractivity contribution in [3.8, 4) is 11.5 Å². The lowest BCUT2D eigenvalue weighted by molar-refractivity contribution is 0.0734. The largest absolute Gasteiger partial charge is 0.452 e. The summed E-state index contributed by atoms with van der Waals surface area (Å²) in [7, 11) is 0. The number of esters is 1. The van der Waals surface area contributed by atoms with Crippen LogP contribution in [0.4, 0.5) is 0 Å². The highest BCUT2D eigenvalue weighted by Crippen LogP contribution is 2.34. The van der Waals surface area contributed by atoms with Gasteiger partial charge in [0.15, 0.2) is 5.76 Å². The number of para-hydroxylation sites is 1. The number of benzene rings is 3. The fourth-order valence-corrected chi connectivity index (χ4v) is 3.20. The van der Waals surface area contributed by atoms with Crippen molar-refractivity contribution >= 4 is 33.8 Å². The number of allylic oxidation sites excluding steroid dienone is 1. The Morgan fingerprint density at radius 1 is 1.04 bits per heavy atom. The summed E-state index contributed by atoms with van der Waals surface area (Å²) >= 11 is 3.36. The quantitative estimate of drug-likeness (QED) is 0.306. The van der Waals surface area contributed by atoms with Crippen molar-refractivity contribution in [2.75, 3.05) is 0 Å². The number of carbonyl (C=O) groups excluding carboxylic acids is 2. The maximum atomic E-state index is 12.6. The number of Topliss-reactive ketones (excluding diaryl/α,β-unsaturated/α-hetero) is 1. The number of ether oxygens (including phenoxy) is 2. The van der Waals surface area contributed by atoms with Crippen LogP contribution in [0.25, 0.3) is 6.08 Å². The summed E-state index contributed by atoms with van der Waals surface area (Å²) in [5.74, 6) is 0.377. The van der Waals surface area contributed by atoms with Crippen molar-refractivity contribution in [3.63, 3.8) is 0 Å². The van der Waals surface area contributed by atoms with Gasteiger partial charge in [-0.1, -0.05) is 51.8 Å². The normalized spacial score (nSPS) is 13.9. The molecule has 0 bridgehead atoms. The second kappa shape index (κ2) is 7.44. The fourth-order valence-electron chi connectivity index (χ4n) is 2.84. The number of halogens is 1. The molecule has 0 radical (unpaired) electrons. The zero-order chi connectivity index (χ0) is 19.7. The molecule has 28 heavy (non-hydrogen) atoms. The van der Waals surface area contributed by atoms with Crippen LogP contribution in [0.15, 0.2) is 77.0 Å². The van der Waals surface area contributed by atoms with Crippen LogP contribution in [0.2, 0.25) is 0 Å². The van der Waals surface area contributed by atoms with Crippen molar-refractivity contribution in [3.05, 3.63) is 99.2 Å². The van der Waals surface area contributed by atoms with Crippen LogP contribution in [-0.4, -0.2) is 11.8 Å². The molecule has 1 aliphatic heterocycles. The van der Waals surface area contributed by atoms with E-state index in [4.69, 9.17) is 9.47 Å². The molecular weight excluding hydrogens is 420 g/mol. The third-order valence-electron chi connectivity index (χ3n) is 4.33. The molecule has 1 heterocycles. The van der Waals surface area contributed by atoms with Gasteiger partial charge < -0.3 is 9.47 Å². The molecule has 0 saturated heterocycles. The van der Waals surface area contributed by atoms with Crippen LogP contribution in [0, 0.1) is 6.92 Å². The van der Waals surface area contributed by atoms with Crippen molar-refractivity contribution in [1.82, 2.24) is 0 Å². The SMILES string of the molecule is Cc1ccc(C(=O)Oc2ccccc2C=C2Oc3ccc(Br)cc3C2=O)cc1. The molecule has 4 nitrogen and oxygen atoms in total. The van der Waals surface area contributed by atoms with Crippen LogP contribution >= 0.6 is 15.9 Å². The first kappa shape index (κ1) is 18.2. The minimum atomic E-state index is -0.461. The number of aryl methyl sites for hydroxylation is 1. The first-order valence-electron chi connectivity index (χ1n) is 8.63. The Balaban J connectivity index is 1.62. The molecule has 0 aliphatic carbocycles. The number of carbonyl (C=O) groups is 2. The molecular formula is C23H15BrO4. The molecule has 1 aliphatic rings. The third kappa shape index (κ3) is 3.62. The fraction of sp³-hybridized carbons (Fsp3) is 0.0435. The Labute approximate surface area is 170 Å². The molecule has 4 rings (SSSR count). The summed E-state index contributed by atoms with van der Waals surface area (Å²) in [6.07, 6.45) is 1.59. The molecule has 0 unspecified atom stereocenters. The third-order valence-corrected chi connectivity index (χ3v) is 4.82. The van der Waals surface area contributed by atoms with E-state index in [0.29, 0.717) is 28.2 Å². The van der Waals surface area contributed by atoms with Crippen molar-refractivity contribution in [2.45, 2.75) is 6.92 Å². The lowest BCUT2D eigenvalue weighted by Crippen LogP contribution is -2.09. The van der Waals surface area contributed by atoms with E-state index < -0.39 is 5.97 Å². The standard InChI is InChI=1S/C23H15BrO4/c1-14-6-8-15(9-7-14)23(26)28-19-5-3-2-4-16(19)12-21-22(25)18-13-17(24)10-11-20(18)27-21/h2-13H,1H3. The van der Waals surface area contributed by atoms with E-state index in [1.807, 2.05) is 25.1 Å². The van der Waals surface area contributed by atoms with E-state index >= 15 is 0 Å². The first-order chi connectivity index (χ1) is 13.5. The zero-order valence-electron chi connectivity index (χ0n) is 14.9. The van der Waals surface area contributed by atoms with Crippen LogP contribution < -0.4 is 9.47 Å². The molecule has 3 aromatic rings. The average molecular weight is 435 g/mol. The van der Waals surface area contributed by atoms with Crippen LogP contribution in [0.1, 0.15) is 31.8 Å². The summed E-state index contributed by atoms with van der Waals surface area (Å²) in [6.45, 7) is 1.95. The Kier molecular flexibility index (Phi) is 4.84. The Morgan fingerprint density at radius 3 is 2.57 bits per heavy atom. The predicted octanol–water partition coefficient (Wildman–Crippen LogP) is 5.59. The topological polar surface area (TPSA) is 52.6 Å². The lowest BCUT2D eigenvalue weighted by atomic mass is 10.1. The van der Waals surface area contributed by atoms with Crippen LogP contribution in [0.5, 0.6) is 11.5 Å². The Hall–Kier alpha value is -3.18. The highest BCUT2D eigenvalue weighted by atomic mass is 79.9. The first-order valence-corrected chi connectivity index (χ1v) is 9.42. The smallest absolute Gasteiger partial charge is 0.343 e. The van der Waals surface area contributed by atoms with Gasteiger partial charge in [0, 0.05) is 10.0 Å². The van der Waals surface area contributed by atoms with Gasteiger partial charge in [-0.2, -0.15) is 0 Å². The van der Waals surface area contributed by atoms with Gasteiger partial charge in [-0.05, 0) is 49.4 Å². The van der Waals surface area contributed by atoms with E-state index in [1.54, 1.807) is 54.6 Å². The zero-order valence-corrected chi connectivity index (χ0v) is 16.5. The minimum absolute atomic E-state index is 0.187. The van der Waals surface area contributed by atoms with Gasteiger partial charge in [-0.15, -0.1) is 0 Å².